The Labute approximate surface area is 157 Å². The molecule has 2 aromatic rings. The van der Waals surface area contributed by atoms with Crippen molar-refractivity contribution in [3.8, 4) is 0 Å². The summed E-state index contributed by atoms with van der Waals surface area (Å²) in [5.74, 6) is -0.640. The van der Waals surface area contributed by atoms with Crippen LogP contribution in [0.25, 0.3) is 0 Å². The summed E-state index contributed by atoms with van der Waals surface area (Å²) in [5.41, 5.74) is 5.99. The van der Waals surface area contributed by atoms with Crippen LogP contribution >= 0.6 is 0 Å². The van der Waals surface area contributed by atoms with Crippen molar-refractivity contribution < 1.29 is 14.4 Å². The third kappa shape index (κ3) is 5.15. The summed E-state index contributed by atoms with van der Waals surface area (Å²) in [6.07, 6.45) is 0. The SMILES string of the molecule is O=C(CN1CCN(C(=O)c2ccccc2)CC1)NNC(=O)c1ccccc1. The van der Waals surface area contributed by atoms with Gasteiger partial charge in [0.25, 0.3) is 17.7 Å². The van der Waals surface area contributed by atoms with Crippen molar-refractivity contribution in [3.63, 3.8) is 0 Å². The quantitative estimate of drug-likeness (QED) is 0.788. The van der Waals surface area contributed by atoms with E-state index in [9.17, 15) is 14.4 Å². The fraction of sp³-hybridized carbons (Fsp3) is 0.250. The van der Waals surface area contributed by atoms with Gasteiger partial charge in [0.2, 0.25) is 0 Å². The van der Waals surface area contributed by atoms with Gasteiger partial charge in [0.05, 0.1) is 6.54 Å². The Kier molecular flexibility index (Phi) is 6.17. The molecular formula is C20H22N4O3. The van der Waals surface area contributed by atoms with E-state index in [2.05, 4.69) is 10.9 Å². The smallest absolute Gasteiger partial charge is 0.269 e. The number of nitrogens with zero attached hydrogens (tertiary/aromatic N) is 2. The lowest BCUT2D eigenvalue weighted by Crippen LogP contribution is -2.52. The molecule has 2 N–H and O–H groups in total. The molecule has 1 fully saturated rings. The normalized spacial score (nSPS) is 14.4. The first-order valence-corrected chi connectivity index (χ1v) is 8.84. The summed E-state index contributed by atoms with van der Waals surface area (Å²) >= 11 is 0. The number of carbonyl (C=O) groups excluding carboxylic acids is 3. The summed E-state index contributed by atoms with van der Waals surface area (Å²) < 4.78 is 0. The maximum atomic E-state index is 12.4. The third-order valence-electron chi connectivity index (χ3n) is 4.40. The molecule has 0 aromatic heterocycles. The second-order valence-corrected chi connectivity index (χ2v) is 6.30. The van der Waals surface area contributed by atoms with Crippen molar-refractivity contribution in [2.24, 2.45) is 0 Å². The topological polar surface area (TPSA) is 81.8 Å². The highest BCUT2D eigenvalue weighted by Crippen LogP contribution is 2.08. The molecule has 1 heterocycles. The Balaban J connectivity index is 1.40. The third-order valence-corrected chi connectivity index (χ3v) is 4.40. The average Bonchev–Trinajstić information content (AvgIpc) is 2.73. The van der Waals surface area contributed by atoms with E-state index in [1.54, 1.807) is 41.3 Å². The van der Waals surface area contributed by atoms with Gasteiger partial charge >= 0.3 is 0 Å². The van der Waals surface area contributed by atoms with Crippen LogP contribution in [-0.4, -0.2) is 60.2 Å². The summed E-state index contributed by atoms with van der Waals surface area (Å²) in [7, 11) is 0. The molecule has 0 radical (unpaired) electrons. The predicted octanol–water partition coefficient (Wildman–Crippen LogP) is 0.906. The average molecular weight is 366 g/mol. The van der Waals surface area contributed by atoms with Gasteiger partial charge in [0, 0.05) is 37.3 Å². The Bertz CT molecular complexity index is 787. The number of benzene rings is 2. The molecule has 27 heavy (non-hydrogen) atoms. The van der Waals surface area contributed by atoms with Gasteiger partial charge in [0.1, 0.15) is 0 Å². The van der Waals surface area contributed by atoms with Crippen LogP contribution in [0.5, 0.6) is 0 Å². The Morgan fingerprint density at radius 2 is 1.30 bits per heavy atom. The van der Waals surface area contributed by atoms with Crippen LogP contribution in [-0.2, 0) is 4.79 Å². The van der Waals surface area contributed by atoms with E-state index >= 15 is 0 Å². The van der Waals surface area contributed by atoms with Gasteiger partial charge < -0.3 is 4.90 Å². The van der Waals surface area contributed by atoms with E-state index in [0.29, 0.717) is 37.3 Å². The van der Waals surface area contributed by atoms with E-state index in [0.717, 1.165) is 0 Å². The predicted molar refractivity (Wildman–Crippen MR) is 101 cm³/mol. The molecule has 1 saturated heterocycles. The fourth-order valence-electron chi connectivity index (χ4n) is 2.90. The molecule has 1 aliphatic heterocycles. The molecule has 140 valence electrons. The first-order valence-electron chi connectivity index (χ1n) is 8.84. The van der Waals surface area contributed by atoms with Crippen molar-refractivity contribution in [2.45, 2.75) is 0 Å². The molecule has 0 atom stereocenters. The van der Waals surface area contributed by atoms with E-state index < -0.39 is 0 Å². The molecule has 0 saturated carbocycles. The van der Waals surface area contributed by atoms with Gasteiger partial charge in [-0.25, -0.2) is 0 Å². The van der Waals surface area contributed by atoms with Crippen LogP contribution in [0.4, 0.5) is 0 Å². The highest BCUT2D eigenvalue weighted by molar-refractivity contribution is 5.95. The fourth-order valence-corrected chi connectivity index (χ4v) is 2.90. The van der Waals surface area contributed by atoms with Crippen molar-refractivity contribution >= 4 is 17.7 Å². The molecule has 1 aliphatic rings. The van der Waals surface area contributed by atoms with Crippen molar-refractivity contribution in [3.05, 3.63) is 71.8 Å². The summed E-state index contributed by atoms with van der Waals surface area (Å²) in [5, 5.41) is 0. The van der Waals surface area contributed by atoms with Crippen molar-refractivity contribution in [1.82, 2.24) is 20.7 Å². The van der Waals surface area contributed by atoms with E-state index in [1.807, 2.05) is 29.2 Å². The molecule has 0 bridgehead atoms. The van der Waals surface area contributed by atoms with Crippen LogP contribution in [0.1, 0.15) is 20.7 Å². The molecule has 7 nitrogen and oxygen atoms in total. The lowest BCUT2D eigenvalue weighted by Gasteiger charge is -2.34. The molecule has 3 amide bonds. The number of rotatable bonds is 4. The molecule has 3 rings (SSSR count). The molecule has 2 aromatic carbocycles. The maximum Gasteiger partial charge on any atom is 0.269 e. The van der Waals surface area contributed by atoms with E-state index in [-0.39, 0.29) is 24.3 Å². The summed E-state index contributed by atoms with van der Waals surface area (Å²) in [4.78, 5) is 40.1. The molecule has 7 heteroatoms. The second kappa shape index (κ2) is 8.95. The number of hydrogen-bond acceptors (Lipinski definition) is 4. The second-order valence-electron chi connectivity index (χ2n) is 6.30. The highest BCUT2D eigenvalue weighted by atomic mass is 16.2. The molecule has 0 aliphatic carbocycles. The largest absolute Gasteiger partial charge is 0.336 e. The first kappa shape index (κ1) is 18.6. The number of hydrazine groups is 1. The van der Waals surface area contributed by atoms with Gasteiger partial charge in [-0.2, -0.15) is 0 Å². The standard InChI is InChI=1S/C20H22N4O3/c25-18(21-22-19(26)16-7-3-1-4-8-16)15-23-11-13-24(14-12-23)20(27)17-9-5-2-6-10-17/h1-10H,11-15H2,(H,21,25)(H,22,26). The zero-order chi connectivity index (χ0) is 19.1. The highest BCUT2D eigenvalue weighted by Gasteiger charge is 2.23. The Morgan fingerprint density at radius 1 is 0.741 bits per heavy atom. The van der Waals surface area contributed by atoms with Gasteiger partial charge in [-0.1, -0.05) is 36.4 Å². The first-order chi connectivity index (χ1) is 13.1. The van der Waals surface area contributed by atoms with Crippen LogP contribution in [0.15, 0.2) is 60.7 Å². The van der Waals surface area contributed by atoms with Gasteiger partial charge in [-0.15, -0.1) is 0 Å². The minimum atomic E-state index is -0.359. The van der Waals surface area contributed by atoms with Crippen LogP contribution in [0.3, 0.4) is 0 Å². The maximum absolute atomic E-state index is 12.4. The minimum absolute atomic E-state index is 0.00910. The zero-order valence-corrected chi connectivity index (χ0v) is 14.9. The van der Waals surface area contributed by atoms with E-state index in [1.165, 1.54) is 0 Å². The molecule has 0 spiro atoms. The molecular weight excluding hydrogens is 344 g/mol. The number of piperazine rings is 1. The number of hydrogen-bond donors (Lipinski definition) is 2. The van der Waals surface area contributed by atoms with E-state index in [4.69, 9.17) is 0 Å². The lowest BCUT2D eigenvalue weighted by atomic mass is 10.2. The van der Waals surface area contributed by atoms with Crippen molar-refractivity contribution in [2.75, 3.05) is 32.7 Å². The van der Waals surface area contributed by atoms with Gasteiger partial charge in [0.15, 0.2) is 0 Å². The monoisotopic (exact) mass is 366 g/mol. The minimum Gasteiger partial charge on any atom is -0.336 e. The lowest BCUT2D eigenvalue weighted by molar-refractivity contribution is -0.123. The zero-order valence-electron chi connectivity index (χ0n) is 14.9. The summed E-state index contributed by atoms with van der Waals surface area (Å²) in [6, 6.07) is 17.8. The molecule has 0 unspecified atom stereocenters. The van der Waals surface area contributed by atoms with Crippen LogP contribution < -0.4 is 10.9 Å². The van der Waals surface area contributed by atoms with Crippen LogP contribution in [0.2, 0.25) is 0 Å². The summed E-state index contributed by atoms with van der Waals surface area (Å²) in [6.45, 7) is 2.52. The van der Waals surface area contributed by atoms with Gasteiger partial charge in [-0.05, 0) is 24.3 Å². The van der Waals surface area contributed by atoms with Crippen LogP contribution in [0, 0.1) is 0 Å². The Hall–Kier alpha value is -3.19. The Morgan fingerprint density at radius 3 is 1.89 bits per heavy atom. The number of nitrogens with one attached hydrogen (secondary N) is 2. The van der Waals surface area contributed by atoms with Gasteiger partial charge in [-0.3, -0.25) is 30.1 Å². The number of carbonyl (C=O) groups is 3. The van der Waals surface area contributed by atoms with Crippen molar-refractivity contribution in [1.29, 1.82) is 0 Å². The number of amides is 3.